The maximum Gasteiger partial charge on any atom is 0.303 e. The predicted octanol–water partition coefficient (Wildman–Crippen LogP) is 3.17. The molecular formula is C12H13ClO3. The Morgan fingerprint density at radius 1 is 1.06 bits per heavy atom. The van der Waals surface area contributed by atoms with Crippen molar-refractivity contribution in [2.45, 2.75) is 25.7 Å². The largest absolute Gasteiger partial charge is 0.481 e. The molecule has 0 atom stereocenters. The molecule has 16 heavy (non-hydrogen) atoms. The molecule has 1 rings (SSSR count). The van der Waals surface area contributed by atoms with Gasteiger partial charge >= 0.3 is 5.97 Å². The Bertz CT molecular complexity index is 370. The average Bonchev–Trinajstić information content (AvgIpc) is 2.25. The number of unbranched alkanes of at least 4 members (excludes halogenated alkanes) is 1. The van der Waals surface area contributed by atoms with Crippen molar-refractivity contribution in [3.8, 4) is 0 Å². The summed E-state index contributed by atoms with van der Waals surface area (Å²) in [4.78, 5) is 21.9. The van der Waals surface area contributed by atoms with E-state index in [-0.39, 0.29) is 12.2 Å². The maximum absolute atomic E-state index is 11.6. The first-order valence-electron chi connectivity index (χ1n) is 5.10. The molecule has 0 saturated heterocycles. The Hall–Kier alpha value is -1.35. The van der Waals surface area contributed by atoms with Gasteiger partial charge in [-0.3, -0.25) is 9.59 Å². The second kappa shape index (κ2) is 6.28. The van der Waals surface area contributed by atoms with E-state index in [2.05, 4.69) is 0 Å². The molecule has 0 aliphatic heterocycles. The van der Waals surface area contributed by atoms with Crippen molar-refractivity contribution in [1.29, 1.82) is 0 Å². The van der Waals surface area contributed by atoms with Crippen molar-refractivity contribution >= 4 is 23.4 Å². The lowest BCUT2D eigenvalue weighted by atomic mass is 10.0. The number of carbonyl (C=O) groups is 2. The summed E-state index contributed by atoms with van der Waals surface area (Å²) >= 11 is 5.70. The van der Waals surface area contributed by atoms with E-state index in [4.69, 9.17) is 16.7 Å². The number of hydrogen-bond acceptors (Lipinski definition) is 2. The number of aliphatic carboxylic acids is 1. The van der Waals surface area contributed by atoms with Gasteiger partial charge in [0.1, 0.15) is 0 Å². The van der Waals surface area contributed by atoms with E-state index >= 15 is 0 Å². The number of benzene rings is 1. The van der Waals surface area contributed by atoms with Gasteiger partial charge in [-0.05, 0) is 37.1 Å². The van der Waals surface area contributed by atoms with Crippen LogP contribution in [0.2, 0.25) is 5.02 Å². The van der Waals surface area contributed by atoms with Crippen LogP contribution in [-0.4, -0.2) is 16.9 Å². The van der Waals surface area contributed by atoms with Crippen LogP contribution in [0, 0.1) is 0 Å². The topological polar surface area (TPSA) is 54.4 Å². The van der Waals surface area contributed by atoms with Crippen molar-refractivity contribution in [2.75, 3.05) is 0 Å². The Labute approximate surface area is 99.0 Å². The molecule has 0 fully saturated rings. The summed E-state index contributed by atoms with van der Waals surface area (Å²) in [5.41, 5.74) is 0.625. The Kier molecular flexibility index (Phi) is 4.99. The molecule has 1 N–H and O–H groups in total. The highest BCUT2D eigenvalue weighted by Gasteiger charge is 2.05. The van der Waals surface area contributed by atoms with Crippen molar-refractivity contribution < 1.29 is 14.7 Å². The quantitative estimate of drug-likeness (QED) is 0.614. The highest BCUT2D eigenvalue weighted by Crippen LogP contribution is 2.12. The van der Waals surface area contributed by atoms with E-state index in [0.29, 0.717) is 29.8 Å². The highest BCUT2D eigenvalue weighted by molar-refractivity contribution is 6.30. The number of carboxylic acids is 1. The van der Waals surface area contributed by atoms with Crippen LogP contribution in [0.15, 0.2) is 24.3 Å². The average molecular weight is 241 g/mol. The van der Waals surface area contributed by atoms with Crippen LogP contribution in [-0.2, 0) is 4.79 Å². The molecule has 0 radical (unpaired) electrons. The number of Topliss-reactive ketones (excluding diaryl/α,β-unsaturated/α-hetero) is 1. The van der Waals surface area contributed by atoms with E-state index in [0.717, 1.165) is 0 Å². The molecule has 86 valence electrons. The third-order valence-corrected chi connectivity index (χ3v) is 2.46. The second-order valence-corrected chi connectivity index (χ2v) is 3.97. The molecule has 0 heterocycles. The molecule has 0 aliphatic rings. The molecule has 0 saturated carbocycles. The summed E-state index contributed by atoms with van der Waals surface area (Å²) < 4.78 is 0. The van der Waals surface area contributed by atoms with Gasteiger partial charge in [0.15, 0.2) is 5.78 Å². The van der Waals surface area contributed by atoms with Crippen molar-refractivity contribution in [2.24, 2.45) is 0 Å². The summed E-state index contributed by atoms with van der Waals surface area (Å²) in [6.45, 7) is 0. The van der Waals surface area contributed by atoms with E-state index in [9.17, 15) is 9.59 Å². The van der Waals surface area contributed by atoms with Gasteiger partial charge < -0.3 is 5.11 Å². The zero-order valence-corrected chi connectivity index (χ0v) is 9.54. The van der Waals surface area contributed by atoms with Gasteiger partial charge in [-0.2, -0.15) is 0 Å². The lowest BCUT2D eigenvalue weighted by Gasteiger charge is -2.00. The van der Waals surface area contributed by atoms with Crippen LogP contribution in [0.3, 0.4) is 0 Å². The fourth-order valence-corrected chi connectivity index (χ4v) is 1.47. The fourth-order valence-electron chi connectivity index (χ4n) is 1.34. The van der Waals surface area contributed by atoms with Crippen molar-refractivity contribution in [3.05, 3.63) is 34.9 Å². The first-order chi connectivity index (χ1) is 7.59. The van der Waals surface area contributed by atoms with Crippen LogP contribution in [0.25, 0.3) is 0 Å². The molecule has 1 aromatic carbocycles. The lowest BCUT2D eigenvalue weighted by Crippen LogP contribution is -2.00. The Morgan fingerprint density at radius 3 is 2.19 bits per heavy atom. The summed E-state index contributed by atoms with van der Waals surface area (Å²) in [6.07, 6.45) is 1.64. The molecule has 0 bridgehead atoms. The van der Waals surface area contributed by atoms with Gasteiger partial charge in [-0.1, -0.05) is 11.6 Å². The van der Waals surface area contributed by atoms with Crippen LogP contribution in [0.1, 0.15) is 36.0 Å². The first kappa shape index (κ1) is 12.7. The van der Waals surface area contributed by atoms with Crippen LogP contribution in [0.4, 0.5) is 0 Å². The lowest BCUT2D eigenvalue weighted by molar-refractivity contribution is -0.137. The normalized spacial score (nSPS) is 10.1. The smallest absolute Gasteiger partial charge is 0.303 e. The molecule has 0 unspecified atom stereocenters. The summed E-state index contributed by atoms with van der Waals surface area (Å²) in [5.74, 6) is -0.791. The Morgan fingerprint density at radius 2 is 1.62 bits per heavy atom. The second-order valence-electron chi connectivity index (χ2n) is 3.53. The molecule has 0 aromatic heterocycles. The van der Waals surface area contributed by atoms with Crippen molar-refractivity contribution in [3.63, 3.8) is 0 Å². The molecule has 1 aromatic rings. The van der Waals surface area contributed by atoms with Gasteiger partial charge in [0.2, 0.25) is 0 Å². The zero-order valence-electron chi connectivity index (χ0n) is 8.78. The van der Waals surface area contributed by atoms with Gasteiger partial charge in [-0.25, -0.2) is 0 Å². The standard InChI is InChI=1S/C12H13ClO3/c13-10-7-5-9(6-8-10)11(14)3-1-2-4-12(15)16/h5-8H,1-4H2,(H,15,16). The SMILES string of the molecule is O=C(O)CCCCC(=O)c1ccc(Cl)cc1. The van der Waals surface area contributed by atoms with Crippen LogP contribution >= 0.6 is 11.6 Å². The van der Waals surface area contributed by atoms with Crippen molar-refractivity contribution in [1.82, 2.24) is 0 Å². The van der Waals surface area contributed by atoms with Gasteiger partial charge in [0, 0.05) is 23.4 Å². The van der Waals surface area contributed by atoms with Crippen LogP contribution in [0.5, 0.6) is 0 Å². The van der Waals surface area contributed by atoms with E-state index in [1.807, 2.05) is 0 Å². The minimum Gasteiger partial charge on any atom is -0.481 e. The molecule has 0 aliphatic carbocycles. The zero-order chi connectivity index (χ0) is 12.0. The number of rotatable bonds is 6. The molecule has 4 heteroatoms. The monoisotopic (exact) mass is 240 g/mol. The van der Waals surface area contributed by atoms with Gasteiger partial charge in [0.05, 0.1) is 0 Å². The van der Waals surface area contributed by atoms with E-state index < -0.39 is 5.97 Å². The number of halogens is 1. The predicted molar refractivity (Wildman–Crippen MR) is 61.9 cm³/mol. The maximum atomic E-state index is 11.6. The molecule has 0 spiro atoms. The minimum absolute atomic E-state index is 0.0297. The Balaban J connectivity index is 2.35. The van der Waals surface area contributed by atoms with Gasteiger partial charge in [-0.15, -0.1) is 0 Å². The van der Waals surface area contributed by atoms with Crippen LogP contribution < -0.4 is 0 Å². The van der Waals surface area contributed by atoms with Gasteiger partial charge in [0.25, 0.3) is 0 Å². The molecule has 0 amide bonds. The number of carboxylic acid groups (broad SMARTS) is 1. The number of ketones is 1. The van der Waals surface area contributed by atoms with E-state index in [1.165, 1.54) is 0 Å². The summed E-state index contributed by atoms with van der Waals surface area (Å²) in [6, 6.07) is 6.71. The third-order valence-electron chi connectivity index (χ3n) is 2.21. The summed E-state index contributed by atoms with van der Waals surface area (Å²) in [7, 11) is 0. The fraction of sp³-hybridized carbons (Fsp3) is 0.333. The third kappa shape index (κ3) is 4.45. The number of carbonyl (C=O) groups excluding carboxylic acids is 1. The summed E-state index contributed by atoms with van der Waals surface area (Å²) in [5, 5.41) is 9.03. The highest BCUT2D eigenvalue weighted by atomic mass is 35.5. The molecule has 3 nitrogen and oxygen atoms in total. The first-order valence-corrected chi connectivity index (χ1v) is 5.48. The molecular weight excluding hydrogens is 228 g/mol. The number of hydrogen-bond donors (Lipinski definition) is 1. The minimum atomic E-state index is -0.820. The van der Waals surface area contributed by atoms with E-state index in [1.54, 1.807) is 24.3 Å².